The summed E-state index contributed by atoms with van der Waals surface area (Å²) in [6.45, 7) is -0.379. The topological polar surface area (TPSA) is 78.8 Å². The van der Waals surface area contributed by atoms with E-state index >= 15 is 0 Å². The molecule has 0 spiro atoms. The number of carbonyl (C=O) groups excluding carboxylic acids is 1. The maximum atomic E-state index is 13.0. The standard InChI is InChI=1S/C26H30FN3O3S/c1-34(32,33)30(17-25(31)29-28-16-18-2-6-23(27)7-3-18)24-8-4-22(5-9-24)26-13-19-10-20(14-26)12-21(11-19)15-26/h2-9,16,19-21H,10-15,17H2,1H3,(H,29,31)/b28-16-. The molecule has 0 aromatic heterocycles. The summed E-state index contributed by atoms with van der Waals surface area (Å²) in [6.07, 6.45) is 10.3. The van der Waals surface area contributed by atoms with E-state index in [0.29, 0.717) is 11.3 Å². The number of carbonyl (C=O) groups is 1. The number of hydrogen-bond acceptors (Lipinski definition) is 4. The molecule has 4 aliphatic carbocycles. The van der Waals surface area contributed by atoms with Crippen molar-refractivity contribution in [2.45, 2.75) is 43.9 Å². The van der Waals surface area contributed by atoms with E-state index in [4.69, 9.17) is 0 Å². The first-order chi connectivity index (χ1) is 16.2. The summed E-state index contributed by atoms with van der Waals surface area (Å²) in [6, 6.07) is 13.4. The number of hydrazone groups is 1. The number of nitrogens with one attached hydrogen (secondary N) is 1. The van der Waals surface area contributed by atoms with Crippen molar-refractivity contribution in [3.63, 3.8) is 0 Å². The number of hydrogen-bond donors (Lipinski definition) is 1. The number of amides is 1. The van der Waals surface area contributed by atoms with Gasteiger partial charge >= 0.3 is 0 Å². The van der Waals surface area contributed by atoms with Gasteiger partial charge in [0.25, 0.3) is 5.91 Å². The van der Waals surface area contributed by atoms with Crippen LogP contribution in [0.15, 0.2) is 53.6 Å². The molecule has 4 bridgehead atoms. The van der Waals surface area contributed by atoms with Crippen molar-refractivity contribution in [1.29, 1.82) is 0 Å². The van der Waals surface area contributed by atoms with Crippen LogP contribution in [0, 0.1) is 23.6 Å². The molecule has 0 radical (unpaired) electrons. The van der Waals surface area contributed by atoms with Crippen molar-refractivity contribution >= 4 is 27.8 Å². The van der Waals surface area contributed by atoms with Gasteiger partial charge in [-0.05, 0) is 97.1 Å². The minimum Gasteiger partial charge on any atom is -0.271 e. The summed E-state index contributed by atoms with van der Waals surface area (Å²) in [4.78, 5) is 12.4. The number of benzene rings is 2. The number of rotatable bonds is 7. The summed E-state index contributed by atoms with van der Waals surface area (Å²) in [5.41, 5.74) is 4.96. The molecule has 4 fully saturated rings. The molecular weight excluding hydrogens is 453 g/mol. The molecule has 180 valence electrons. The molecule has 0 heterocycles. The van der Waals surface area contributed by atoms with E-state index in [-0.39, 0.29) is 17.8 Å². The molecular formula is C26H30FN3O3S. The Labute approximate surface area is 200 Å². The first-order valence-electron chi connectivity index (χ1n) is 11.9. The van der Waals surface area contributed by atoms with E-state index in [1.54, 1.807) is 0 Å². The highest BCUT2D eigenvalue weighted by Gasteiger charge is 2.51. The normalized spacial score (nSPS) is 27.8. The predicted molar refractivity (Wildman–Crippen MR) is 131 cm³/mol. The van der Waals surface area contributed by atoms with Crippen LogP contribution in [0.2, 0.25) is 0 Å². The Bertz CT molecular complexity index is 1160. The van der Waals surface area contributed by atoms with Gasteiger partial charge in [0.05, 0.1) is 18.2 Å². The fraction of sp³-hybridized carbons (Fsp3) is 0.462. The van der Waals surface area contributed by atoms with Crippen LogP contribution < -0.4 is 9.73 Å². The smallest absolute Gasteiger partial charge is 0.260 e. The minimum absolute atomic E-state index is 0.232. The average Bonchev–Trinajstić information content (AvgIpc) is 2.77. The van der Waals surface area contributed by atoms with Gasteiger partial charge in [0.2, 0.25) is 10.0 Å². The highest BCUT2D eigenvalue weighted by molar-refractivity contribution is 7.92. The number of sulfonamides is 1. The second-order valence-corrected chi connectivity index (χ2v) is 12.3. The summed E-state index contributed by atoms with van der Waals surface area (Å²) in [5, 5.41) is 3.85. The van der Waals surface area contributed by atoms with Gasteiger partial charge in [-0.25, -0.2) is 18.2 Å². The van der Waals surface area contributed by atoms with Gasteiger partial charge < -0.3 is 0 Å². The van der Waals surface area contributed by atoms with Crippen molar-refractivity contribution in [1.82, 2.24) is 5.43 Å². The van der Waals surface area contributed by atoms with Crippen molar-refractivity contribution in [2.24, 2.45) is 22.9 Å². The van der Waals surface area contributed by atoms with E-state index in [1.165, 1.54) is 74.6 Å². The lowest BCUT2D eigenvalue weighted by molar-refractivity contribution is -0.119. The van der Waals surface area contributed by atoms with Crippen LogP contribution in [0.3, 0.4) is 0 Å². The second kappa shape index (κ2) is 8.80. The SMILES string of the molecule is CS(=O)(=O)N(CC(=O)N/N=C\c1ccc(F)cc1)c1ccc(C23CC4CC(CC(C4)C2)C3)cc1. The maximum Gasteiger partial charge on any atom is 0.260 e. The third-order valence-corrected chi connectivity index (χ3v) is 8.91. The molecule has 4 aliphatic rings. The Morgan fingerprint density at radius 2 is 1.59 bits per heavy atom. The fourth-order valence-electron chi connectivity index (χ4n) is 6.74. The zero-order valence-corrected chi connectivity index (χ0v) is 20.1. The van der Waals surface area contributed by atoms with Gasteiger partial charge in [-0.15, -0.1) is 0 Å². The molecule has 1 N–H and O–H groups in total. The lowest BCUT2D eigenvalue weighted by Gasteiger charge is -2.57. The lowest BCUT2D eigenvalue weighted by Crippen LogP contribution is -2.48. The maximum absolute atomic E-state index is 13.0. The van der Waals surface area contributed by atoms with Crippen LogP contribution in [0.25, 0.3) is 0 Å². The summed E-state index contributed by atoms with van der Waals surface area (Å²) < 4.78 is 39.0. The van der Waals surface area contributed by atoms with Gasteiger partial charge in [-0.1, -0.05) is 24.3 Å². The van der Waals surface area contributed by atoms with Crippen LogP contribution in [-0.2, 0) is 20.2 Å². The highest BCUT2D eigenvalue weighted by atomic mass is 32.2. The summed E-state index contributed by atoms with van der Waals surface area (Å²) in [5.74, 6) is 1.57. The predicted octanol–water partition coefficient (Wildman–Crippen LogP) is 4.21. The third-order valence-electron chi connectivity index (χ3n) is 7.77. The van der Waals surface area contributed by atoms with Crippen LogP contribution in [0.1, 0.15) is 49.7 Å². The Morgan fingerprint density at radius 3 is 2.12 bits per heavy atom. The quantitative estimate of drug-likeness (QED) is 0.473. The van der Waals surface area contributed by atoms with Gasteiger partial charge in [0.15, 0.2) is 0 Å². The monoisotopic (exact) mass is 483 g/mol. The molecule has 2 aromatic carbocycles. The molecule has 0 saturated heterocycles. The van der Waals surface area contributed by atoms with Crippen molar-refractivity contribution in [3.05, 3.63) is 65.5 Å². The van der Waals surface area contributed by atoms with Gasteiger partial charge in [-0.3, -0.25) is 9.10 Å². The number of halogens is 1. The van der Waals surface area contributed by atoms with Crippen LogP contribution in [-0.4, -0.2) is 33.3 Å². The third kappa shape index (κ3) is 4.73. The first-order valence-corrected chi connectivity index (χ1v) is 13.7. The molecule has 1 amide bonds. The molecule has 6 rings (SSSR count). The first kappa shape index (κ1) is 23.0. The van der Waals surface area contributed by atoms with E-state index in [9.17, 15) is 17.6 Å². The zero-order valence-electron chi connectivity index (χ0n) is 19.3. The number of nitrogens with zero attached hydrogens (tertiary/aromatic N) is 2. The molecule has 8 heteroatoms. The van der Waals surface area contributed by atoms with Gasteiger partial charge in [0, 0.05) is 0 Å². The summed E-state index contributed by atoms with van der Waals surface area (Å²) in [7, 11) is -3.67. The van der Waals surface area contributed by atoms with Gasteiger partial charge in [0.1, 0.15) is 12.4 Å². The Hall–Kier alpha value is -2.74. The molecule has 0 unspecified atom stereocenters. The average molecular weight is 484 g/mol. The van der Waals surface area contributed by atoms with E-state index < -0.39 is 15.9 Å². The molecule has 0 atom stereocenters. The van der Waals surface area contributed by atoms with Crippen LogP contribution in [0.5, 0.6) is 0 Å². The van der Waals surface area contributed by atoms with Crippen molar-refractivity contribution < 1.29 is 17.6 Å². The zero-order chi connectivity index (χ0) is 23.9. The molecule has 0 aliphatic heterocycles. The second-order valence-electron chi connectivity index (χ2n) is 10.4. The number of anilines is 1. The van der Waals surface area contributed by atoms with E-state index in [1.807, 2.05) is 12.1 Å². The summed E-state index contributed by atoms with van der Waals surface area (Å²) >= 11 is 0. The van der Waals surface area contributed by atoms with E-state index in [0.717, 1.165) is 28.3 Å². The largest absolute Gasteiger partial charge is 0.271 e. The molecule has 34 heavy (non-hydrogen) atoms. The van der Waals surface area contributed by atoms with Crippen molar-refractivity contribution in [2.75, 3.05) is 17.1 Å². The fourth-order valence-corrected chi connectivity index (χ4v) is 7.60. The molecule has 2 aromatic rings. The van der Waals surface area contributed by atoms with Crippen LogP contribution >= 0.6 is 0 Å². The Balaban J connectivity index is 1.28. The van der Waals surface area contributed by atoms with Crippen LogP contribution in [0.4, 0.5) is 10.1 Å². The Kier molecular flexibility index (Phi) is 5.96. The van der Waals surface area contributed by atoms with Crippen molar-refractivity contribution in [3.8, 4) is 0 Å². The molecule has 6 nitrogen and oxygen atoms in total. The minimum atomic E-state index is -3.67. The van der Waals surface area contributed by atoms with E-state index in [2.05, 4.69) is 22.7 Å². The lowest BCUT2D eigenvalue weighted by atomic mass is 9.48. The highest BCUT2D eigenvalue weighted by Crippen LogP contribution is 2.60. The van der Waals surface area contributed by atoms with Gasteiger partial charge in [-0.2, -0.15) is 5.10 Å². The Morgan fingerprint density at radius 1 is 1.03 bits per heavy atom. The molecule has 4 saturated carbocycles.